The van der Waals surface area contributed by atoms with E-state index in [-0.39, 0.29) is 46.7 Å². The summed E-state index contributed by atoms with van der Waals surface area (Å²) in [4.78, 5) is 47.0. The fourth-order valence-electron chi connectivity index (χ4n) is 4.97. The summed E-state index contributed by atoms with van der Waals surface area (Å²) in [5.74, 6) is -2.34. The monoisotopic (exact) mass is 312 g/mol. The number of carbonyl (C=O) groups excluding carboxylic acids is 4. The van der Waals surface area contributed by atoms with E-state index in [2.05, 4.69) is 4.74 Å². The average Bonchev–Trinajstić information content (AvgIpc) is 3.23. The molecule has 116 valence electrons. The maximum Gasteiger partial charge on any atom is 0.346 e. The number of carbonyl (C=O) groups is 4. The topological polar surface area (TPSA) is 86.7 Å². The molecule has 0 amide bonds. The Morgan fingerprint density at radius 2 is 1.57 bits per heavy atom. The van der Waals surface area contributed by atoms with Gasteiger partial charge in [0.05, 0.1) is 23.0 Å². The van der Waals surface area contributed by atoms with E-state index in [9.17, 15) is 19.2 Å². The number of rotatable bonds is 1. The van der Waals surface area contributed by atoms with Crippen LogP contribution in [0.15, 0.2) is 18.2 Å². The highest BCUT2D eigenvalue weighted by Crippen LogP contribution is 2.61. The van der Waals surface area contributed by atoms with Crippen LogP contribution < -0.4 is 0 Å². The Kier molecular flexibility index (Phi) is 2.30. The summed E-state index contributed by atoms with van der Waals surface area (Å²) < 4.78 is 9.42. The second-order valence-electron chi connectivity index (χ2n) is 6.78. The lowest BCUT2D eigenvalue weighted by Gasteiger charge is -2.28. The second kappa shape index (κ2) is 4.07. The molecule has 0 radical (unpaired) electrons. The van der Waals surface area contributed by atoms with Crippen LogP contribution in [-0.4, -0.2) is 23.9 Å². The summed E-state index contributed by atoms with van der Waals surface area (Å²) in [6.45, 7) is 0. The molecule has 2 aliphatic carbocycles. The summed E-state index contributed by atoms with van der Waals surface area (Å²) >= 11 is 0. The van der Waals surface area contributed by atoms with Gasteiger partial charge in [0.2, 0.25) is 0 Å². The van der Waals surface area contributed by atoms with Gasteiger partial charge in [0.25, 0.3) is 0 Å². The third kappa shape index (κ3) is 1.53. The molecule has 3 fully saturated rings. The molecule has 1 aromatic carbocycles. The maximum atomic E-state index is 12.0. The Morgan fingerprint density at radius 1 is 0.826 bits per heavy atom. The van der Waals surface area contributed by atoms with Gasteiger partial charge in [-0.1, -0.05) is 6.07 Å². The Hall–Kier alpha value is -2.50. The van der Waals surface area contributed by atoms with Crippen molar-refractivity contribution >= 4 is 23.9 Å². The van der Waals surface area contributed by atoms with E-state index in [1.54, 1.807) is 12.1 Å². The zero-order valence-electron chi connectivity index (χ0n) is 12.0. The van der Waals surface area contributed by atoms with Crippen LogP contribution in [-0.2, 0) is 19.1 Å². The first-order valence-electron chi connectivity index (χ1n) is 7.70. The number of fused-ring (bicyclic) bond motifs is 6. The Labute approximate surface area is 130 Å². The van der Waals surface area contributed by atoms with Gasteiger partial charge in [0.1, 0.15) is 0 Å². The van der Waals surface area contributed by atoms with Crippen molar-refractivity contribution in [3.05, 3.63) is 34.9 Å². The molecule has 6 nitrogen and oxygen atoms in total. The molecule has 4 aliphatic rings. The SMILES string of the molecule is O=C1OC(=O)c2cc(C3CC4CC3C3C(=O)OC(=O)C43)ccc21. The summed E-state index contributed by atoms with van der Waals surface area (Å²) in [7, 11) is 0. The maximum absolute atomic E-state index is 12.0. The molecule has 0 N–H and O–H groups in total. The molecule has 5 rings (SSSR count). The Balaban J connectivity index is 1.52. The minimum Gasteiger partial charge on any atom is -0.393 e. The van der Waals surface area contributed by atoms with Gasteiger partial charge in [-0.05, 0) is 48.3 Å². The third-order valence-electron chi connectivity index (χ3n) is 5.85. The predicted molar refractivity (Wildman–Crippen MR) is 73.2 cm³/mol. The molecule has 1 saturated heterocycles. The smallest absolute Gasteiger partial charge is 0.346 e. The standard InChI is InChI=1S/C17H12O6/c18-14-8-2-1-6(3-11(8)15(19)22-14)9-4-7-5-10(9)13-12(7)16(20)23-17(13)21/h1-3,7,9-10,12-13H,4-5H2. The van der Waals surface area contributed by atoms with Gasteiger partial charge in [-0.25, -0.2) is 9.59 Å². The van der Waals surface area contributed by atoms with Crippen LogP contribution in [0.3, 0.4) is 0 Å². The predicted octanol–water partition coefficient (Wildman–Crippen LogP) is 1.44. The molecule has 2 saturated carbocycles. The van der Waals surface area contributed by atoms with Crippen LogP contribution >= 0.6 is 0 Å². The van der Waals surface area contributed by atoms with E-state index >= 15 is 0 Å². The van der Waals surface area contributed by atoms with E-state index in [4.69, 9.17) is 4.74 Å². The van der Waals surface area contributed by atoms with Gasteiger partial charge in [-0.2, -0.15) is 0 Å². The van der Waals surface area contributed by atoms with Crippen molar-refractivity contribution in [3.63, 3.8) is 0 Å². The van der Waals surface area contributed by atoms with E-state index in [1.807, 2.05) is 6.07 Å². The van der Waals surface area contributed by atoms with Gasteiger partial charge in [0, 0.05) is 0 Å². The van der Waals surface area contributed by atoms with Crippen LogP contribution in [0.4, 0.5) is 0 Å². The molecule has 0 spiro atoms. The molecule has 5 unspecified atom stereocenters. The highest BCUT2D eigenvalue weighted by Gasteiger charge is 2.63. The van der Waals surface area contributed by atoms with E-state index in [0.717, 1.165) is 18.4 Å². The number of hydrogen-bond acceptors (Lipinski definition) is 6. The van der Waals surface area contributed by atoms with Crippen molar-refractivity contribution in [1.29, 1.82) is 0 Å². The normalized spacial score (nSPS) is 37.0. The van der Waals surface area contributed by atoms with Crippen LogP contribution in [0.1, 0.15) is 45.0 Å². The number of ether oxygens (including phenoxy) is 2. The van der Waals surface area contributed by atoms with Gasteiger partial charge >= 0.3 is 23.9 Å². The summed E-state index contributed by atoms with van der Waals surface area (Å²) in [6, 6.07) is 5.13. The lowest BCUT2D eigenvalue weighted by molar-refractivity contribution is -0.154. The van der Waals surface area contributed by atoms with Gasteiger partial charge in [-0.15, -0.1) is 0 Å². The average molecular weight is 312 g/mol. The summed E-state index contributed by atoms with van der Waals surface area (Å²) in [5.41, 5.74) is 1.50. The lowest BCUT2D eigenvalue weighted by atomic mass is 9.72. The molecule has 2 bridgehead atoms. The van der Waals surface area contributed by atoms with Crippen LogP contribution in [0.2, 0.25) is 0 Å². The molecule has 2 aliphatic heterocycles. The van der Waals surface area contributed by atoms with Gasteiger partial charge < -0.3 is 9.47 Å². The summed E-state index contributed by atoms with van der Waals surface area (Å²) in [6.07, 6.45) is 1.64. The lowest BCUT2D eigenvalue weighted by Crippen LogP contribution is -2.29. The largest absolute Gasteiger partial charge is 0.393 e. The van der Waals surface area contributed by atoms with Crippen molar-refractivity contribution in [3.8, 4) is 0 Å². The van der Waals surface area contributed by atoms with Gasteiger partial charge in [-0.3, -0.25) is 9.59 Å². The zero-order chi connectivity index (χ0) is 15.9. The molecule has 0 aromatic heterocycles. The first-order valence-corrected chi connectivity index (χ1v) is 7.70. The van der Waals surface area contributed by atoms with E-state index in [0.29, 0.717) is 0 Å². The fourth-order valence-corrected chi connectivity index (χ4v) is 4.97. The van der Waals surface area contributed by atoms with E-state index < -0.39 is 17.9 Å². The minimum absolute atomic E-state index is 0.0649. The first-order chi connectivity index (χ1) is 11.0. The van der Waals surface area contributed by atoms with Crippen molar-refractivity contribution in [1.82, 2.24) is 0 Å². The summed E-state index contributed by atoms with van der Waals surface area (Å²) in [5, 5.41) is 0. The van der Waals surface area contributed by atoms with Crippen molar-refractivity contribution in [2.75, 3.05) is 0 Å². The van der Waals surface area contributed by atoms with Crippen LogP contribution in [0.5, 0.6) is 0 Å². The Morgan fingerprint density at radius 3 is 2.39 bits per heavy atom. The molecular weight excluding hydrogens is 300 g/mol. The second-order valence-corrected chi connectivity index (χ2v) is 6.78. The number of cyclic esters (lactones) is 4. The van der Waals surface area contributed by atoms with Crippen LogP contribution in [0, 0.1) is 23.7 Å². The highest BCUT2D eigenvalue weighted by atomic mass is 16.6. The number of benzene rings is 1. The molecule has 5 atom stereocenters. The van der Waals surface area contributed by atoms with Crippen molar-refractivity contribution < 1.29 is 28.7 Å². The number of esters is 4. The molecule has 23 heavy (non-hydrogen) atoms. The van der Waals surface area contributed by atoms with E-state index in [1.165, 1.54) is 0 Å². The number of hydrogen-bond donors (Lipinski definition) is 0. The quantitative estimate of drug-likeness (QED) is 0.576. The minimum atomic E-state index is -0.622. The first kappa shape index (κ1) is 13.0. The van der Waals surface area contributed by atoms with Crippen LogP contribution in [0.25, 0.3) is 0 Å². The van der Waals surface area contributed by atoms with Gasteiger partial charge in [0.15, 0.2) is 0 Å². The molecule has 2 heterocycles. The highest BCUT2D eigenvalue weighted by molar-refractivity contribution is 6.14. The molecular formula is C17H12O6. The zero-order valence-corrected chi connectivity index (χ0v) is 12.0. The van der Waals surface area contributed by atoms with Crippen molar-refractivity contribution in [2.45, 2.75) is 18.8 Å². The molecule has 1 aromatic rings. The van der Waals surface area contributed by atoms with Crippen molar-refractivity contribution in [2.24, 2.45) is 23.7 Å². The third-order valence-corrected chi connectivity index (χ3v) is 5.85. The molecule has 6 heteroatoms. The fraction of sp³-hybridized carbons (Fsp3) is 0.412. The Bertz CT molecular complexity index is 809.